The predicted molar refractivity (Wildman–Crippen MR) is 109 cm³/mol. The Labute approximate surface area is 171 Å². The van der Waals surface area contributed by atoms with Crippen LogP contribution in [0.3, 0.4) is 0 Å². The molecule has 0 radical (unpaired) electrons. The van der Waals surface area contributed by atoms with Crippen molar-refractivity contribution in [3.63, 3.8) is 0 Å². The van der Waals surface area contributed by atoms with E-state index in [1.54, 1.807) is 18.3 Å². The summed E-state index contributed by atoms with van der Waals surface area (Å²) in [6.07, 6.45) is 1.79. The maximum absolute atomic E-state index is 9.40. The SMILES string of the molecule is CCOc1cc(Cl)c(C2N=C(NC#N)Nc3nc(N)c(C#N)c(N)c32)cc1OC. The number of methoxy groups -OCH3 is 1. The summed E-state index contributed by atoms with van der Waals surface area (Å²) in [6.45, 7) is 2.27. The molecular weight excluding hydrogens is 396 g/mol. The van der Waals surface area contributed by atoms with E-state index in [4.69, 9.17) is 37.8 Å². The van der Waals surface area contributed by atoms with Crippen LogP contribution in [0.1, 0.15) is 29.7 Å². The quantitative estimate of drug-likeness (QED) is 0.434. The molecule has 1 aromatic heterocycles. The Hall–Kier alpha value is -3.89. The van der Waals surface area contributed by atoms with Crippen LogP contribution in [-0.2, 0) is 0 Å². The summed E-state index contributed by atoms with van der Waals surface area (Å²) >= 11 is 6.51. The molecule has 0 saturated heterocycles. The third kappa shape index (κ3) is 3.49. The molecule has 3 rings (SSSR count). The fourth-order valence-electron chi connectivity index (χ4n) is 2.99. The molecule has 0 amide bonds. The molecular formula is C18H17ClN8O2. The molecule has 1 unspecified atom stereocenters. The molecule has 29 heavy (non-hydrogen) atoms. The molecule has 2 heterocycles. The van der Waals surface area contributed by atoms with E-state index in [0.29, 0.717) is 34.3 Å². The van der Waals surface area contributed by atoms with Crippen LogP contribution >= 0.6 is 11.6 Å². The van der Waals surface area contributed by atoms with E-state index in [1.165, 1.54) is 7.11 Å². The number of anilines is 3. The molecule has 1 aromatic carbocycles. The fourth-order valence-corrected chi connectivity index (χ4v) is 3.25. The number of fused-ring (bicyclic) bond motifs is 1. The number of nitriles is 2. The number of nitrogens with zero attached hydrogens (tertiary/aromatic N) is 4. The lowest BCUT2D eigenvalue weighted by molar-refractivity contribution is 0.310. The molecule has 2 aromatic rings. The average Bonchev–Trinajstić information content (AvgIpc) is 2.68. The van der Waals surface area contributed by atoms with Gasteiger partial charge in [0, 0.05) is 17.2 Å². The number of nitrogen functional groups attached to an aromatic ring is 2. The number of guanidine groups is 1. The van der Waals surface area contributed by atoms with Gasteiger partial charge in [-0.3, -0.25) is 5.32 Å². The lowest BCUT2D eigenvalue weighted by Gasteiger charge is -2.27. The molecule has 6 N–H and O–H groups in total. The Kier molecular flexibility index (Phi) is 5.48. The highest BCUT2D eigenvalue weighted by Crippen LogP contribution is 2.45. The van der Waals surface area contributed by atoms with Crippen LogP contribution < -0.4 is 31.6 Å². The molecule has 0 bridgehead atoms. The second-order valence-electron chi connectivity index (χ2n) is 5.86. The summed E-state index contributed by atoms with van der Waals surface area (Å²) in [5.74, 6) is 1.27. The standard InChI is InChI=1S/C18H17ClN8O2/c1-3-29-12-5-10(19)8(4-11(12)28-2)15-13-14(22)9(6-20)16(23)26-17(13)27-18(25-15)24-7-21/h4-5,15H,3H2,1-2H3,(H6,22,23,24,25,26,27). The number of pyridine rings is 1. The normalized spacial score (nSPS) is 14.5. The molecule has 0 fully saturated rings. The van der Waals surface area contributed by atoms with Crippen molar-refractivity contribution < 1.29 is 9.47 Å². The molecule has 0 aliphatic carbocycles. The van der Waals surface area contributed by atoms with Gasteiger partial charge in [0.05, 0.1) is 24.4 Å². The van der Waals surface area contributed by atoms with Crippen molar-refractivity contribution >= 4 is 34.9 Å². The van der Waals surface area contributed by atoms with E-state index in [-0.39, 0.29) is 28.8 Å². The van der Waals surface area contributed by atoms with Gasteiger partial charge < -0.3 is 26.3 Å². The lowest BCUT2D eigenvalue weighted by atomic mass is 9.94. The van der Waals surface area contributed by atoms with Gasteiger partial charge in [0.25, 0.3) is 0 Å². The van der Waals surface area contributed by atoms with Crippen molar-refractivity contribution in [1.82, 2.24) is 10.3 Å². The first-order valence-corrected chi connectivity index (χ1v) is 8.81. The van der Waals surface area contributed by atoms with Crippen LogP contribution in [-0.4, -0.2) is 24.7 Å². The summed E-state index contributed by atoms with van der Waals surface area (Å²) in [7, 11) is 1.50. The number of halogens is 1. The molecule has 1 aliphatic rings. The minimum atomic E-state index is -0.778. The molecule has 0 saturated carbocycles. The first kappa shape index (κ1) is 19.9. The summed E-state index contributed by atoms with van der Waals surface area (Å²) in [6, 6.07) is 4.45. The zero-order valence-electron chi connectivity index (χ0n) is 15.6. The number of hydrogen-bond acceptors (Lipinski definition) is 10. The summed E-state index contributed by atoms with van der Waals surface area (Å²) in [5.41, 5.74) is 13.2. The van der Waals surface area contributed by atoms with E-state index in [9.17, 15) is 5.26 Å². The first-order chi connectivity index (χ1) is 13.9. The van der Waals surface area contributed by atoms with Crippen LogP contribution in [0.15, 0.2) is 17.1 Å². The third-order valence-corrected chi connectivity index (χ3v) is 4.56. The second kappa shape index (κ2) is 8.00. The zero-order valence-corrected chi connectivity index (χ0v) is 16.3. The van der Waals surface area contributed by atoms with Gasteiger partial charge in [-0.15, -0.1) is 0 Å². The number of hydrogen-bond donors (Lipinski definition) is 4. The maximum Gasteiger partial charge on any atom is 0.211 e. The van der Waals surface area contributed by atoms with Gasteiger partial charge in [-0.1, -0.05) is 11.6 Å². The highest BCUT2D eigenvalue weighted by molar-refractivity contribution is 6.31. The van der Waals surface area contributed by atoms with Crippen molar-refractivity contribution in [3.05, 3.63) is 33.8 Å². The summed E-state index contributed by atoms with van der Waals surface area (Å²) in [5, 5.41) is 24.0. The predicted octanol–water partition coefficient (Wildman–Crippen LogP) is 2.12. The number of aliphatic imine (C=N–C) groups is 1. The molecule has 1 atom stereocenters. The number of nitrogens with two attached hydrogens (primary N) is 2. The first-order valence-electron chi connectivity index (χ1n) is 8.44. The Bertz CT molecular complexity index is 1090. The van der Waals surface area contributed by atoms with E-state index in [1.807, 2.05) is 13.0 Å². The number of nitrogens with one attached hydrogen (secondary N) is 2. The Balaban J connectivity index is 2.27. The Morgan fingerprint density at radius 1 is 1.31 bits per heavy atom. The van der Waals surface area contributed by atoms with Crippen LogP contribution in [0.4, 0.5) is 17.3 Å². The minimum absolute atomic E-state index is 0.0384. The van der Waals surface area contributed by atoms with Crippen LogP contribution in [0.2, 0.25) is 5.02 Å². The van der Waals surface area contributed by atoms with Gasteiger partial charge in [-0.05, 0) is 13.0 Å². The van der Waals surface area contributed by atoms with Gasteiger partial charge >= 0.3 is 0 Å². The number of aromatic nitrogens is 1. The van der Waals surface area contributed by atoms with Crippen molar-refractivity contribution in [3.8, 4) is 23.8 Å². The second-order valence-corrected chi connectivity index (χ2v) is 6.27. The van der Waals surface area contributed by atoms with Gasteiger partial charge in [-0.2, -0.15) is 10.5 Å². The molecule has 11 heteroatoms. The van der Waals surface area contributed by atoms with Gasteiger partial charge in [0.15, 0.2) is 17.7 Å². The minimum Gasteiger partial charge on any atom is -0.493 e. The highest BCUT2D eigenvalue weighted by atomic mass is 35.5. The van der Waals surface area contributed by atoms with Gasteiger partial charge in [-0.25, -0.2) is 9.98 Å². The lowest BCUT2D eigenvalue weighted by Crippen LogP contribution is -2.32. The number of rotatable bonds is 4. The third-order valence-electron chi connectivity index (χ3n) is 4.23. The van der Waals surface area contributed by atoms with E-state index >= 15 is 0 Å². The average molecular weight is 413 g/mol. The molecule has 1 aliphatic heterocycles. The Morgan fingerprint density at radius 3 is 2.69 bits per heavy atom. The van der Waals surface area contributed by atoms with Crippen molar-refractivity contribution in [2.24, 2.45) is 4.99 Å². The fraction of sp³-hybridized carbons (Fsp3) is 0.222. The molecule has 0 spiro atoms. The summed E-state index contributed by atoms with van der Waals surface area (Å²) < 4.78 is 11.0. The molecule has 148 valence electrons. The number of ether oxygens (including phenoxy) is 2. The monoisotopic (exact) mass is 412 g/mol. The largest absolute Gasteiger partial charge is 0.493 e. The smallest absolute Gasteiger partial charge is 0.211 e. The summed E-state index contributed by atoms with van der Waals surface area (Å²) in [4.78, 5) is 8.69. The van der Waals surface area contributed by atoms with Crippen molar-refractivity contribution in [2.45, 2.75) is 13.0 Å². The molecule has 10 nitrogen and oxygen atoms in total. The topological polar surface area (TPSA) is 167 Å². The van der Waals surface area contributed by atoms with Crippen LogP contribution in [0.25, 0.3) is 0 Å². The van der Waals surface area contributed by atoms with E-state index < -0.39 is 6.04 Å². The van der Waals surface area contributed by atoms with Gasteiger partial charge in [0.1, 0.15) is 29.3 Å². The van der Waals surface area contributed by atoms with E-state index in [0.717, 1.165) is 0 Å². The van der Waals surface area contributed by atoms with Crippen molar-refractivity contribution in [2.75, 3.05) is 30.5 Å². The number of benzene rings is 1. The Morgan fingerprint density at radius 2 is 2.07 bits per heavy atom. The van der Waals surface area contributed by atoms with Crippen molar-refractivity contribution in [1.29, 1.82) is 10.5 Å². The van der Waals surface area contributed by atoms with E-state index in [2.05, 4.69) is 20.6 Å². The van der Waals surface area contributed by atoms with Crippen LogP contribution in [0, 0.1) is 22.8 Å². The maximum atomic E-state index is 9.40. The highest BCUT2D eigenvalue weighted by Gasteiger charge is 2.31. The zero-order chi connectivity index (χ0) is 21.1. The van der Waals surface area contributed by atoms with Gasteiger partial charge in [0.2, 0.25) is 5.96 Å². The van der Waals surface area contributed by atoms with Crippen LogP contribution in [0.5, 0.6) is 11.5 Å².